The number of carbonyl (C=O) groups excluding carboxylic acids is 2. The summed E-state index contributed by atoms with van der Waals surface area (Å²) < 4.78 is 5.44. The van der Waals surface area contributed by atoms with Gasteiger partial charge in [-0.3, -0.25) is 4.79 Å². The Morgan fingerprint density at radius 3 is 2.30 bits per heavy atom. The van der Waals surface area contributed by atoms with Crippen LogP contribution in [-0.4, -0.2) is 47.7 Å². The van der Waals surface area contributed by atoms with Crippen LogP contribution in [0.4, 0.5) is 4.79 Å². The van der Waals surface area contributed by atoms with Crippen molar-refractivity contribution in [3.63, 3.8) is 0 Å². The Morgan fingerprint density at radius 2 is 1.78 bits per heavy atom. The van der Waals surface area contributed by atoms with Gasteiger partial charge in [0.2, 0.25) is 5.91 Å². The lowest BCUT2D eigenvalue weighted by molar-refractivity contribution is -0.124. The summed E-state index contributed by atoms with van der Waals surface area (Å²) in [5.74, 6) is -0.0601. The summed E-state index contributed by atoms with van der Waals surface area (Å²) in [7, 11) is 1.74. The van der Waals surface area contributed by atoms with Crippen molar-refractivity contribution >= 4 is 12.0 Å². The summed E-state index contributed by atoms with van der Waals surface area (Å²) >= 11 is 0. The molecule has 6 nitrogen and oxygen atoms in total. The van der Waals surface area contributed by atoms with E-state index < -0.39 is 11.6 Å². The summed E-state index contributed by atoms with van der Waals surface area (Å²) in [5, 5.41) is 3.04. The van der Waals surface area contributed by atoms with E-state index in [4.69, 9.17) is 10.5 Å². The summed E-state index contributed by atoms with van der Waals surface area (Å²) in [6.07, 6.45) is 3.45. The second-order valence-corrected chi connectivity index (χ2v) is 7.83. The lowest BCUT2D eigenvalue weighted by Crippen LogP contribution is -2.57. The number of nitrogens with zero attached hydrogens (tertiary/aromatic N) is 1. The van der Waals surface area contributed by atoms with Crippen molar-refractivity contribution < 1.29 is 14.3 Å². The van der Waals surface area contributed by atoms with E-state index in [2.05, 4.69) is 5.32 Å². The molecule has 23 heavy (non-hydrogen) atoms. The number of rotatable bonds is 4. The molecule has 0 aliphatic heterocycles. The largest absolute Gasteiger partial charge is 0.444 e. The number of amides is 2. The third-order valence-electron chi connectivity index (χ3n) is 4.26. The smallest absolute Gasteiger partial charge is 0.410 e. The molecule has 1 rings (SSSR count). The Hall–Kier alpha value is -1.30. The molecule has 0 aromatic heterocycles. The zero-order chi connectivity index (χ0) is 17.8. The first-order chi connectivity index (χ1) is 10.5. The molecule has 0 heterocycles. The van der Waals surface area contributed by atoms with Crippen molar-refractivity contribution in [2.24, 2.45) is 11.7 Å². The van der Waals surface area contributed by atoms with Crippen LogP contribution in [-0.2, 0) is 9.53 Å². The predicted octanol–water partition coefficient (Wildman–Crippen LogP) is 2.26. The normalized spacial score (nSPS) is 23.3. The Balaban J connectivity index is 2.74. The second-order valence-electron chi connectivity index (χ2n) is 7.83. The van der Waals surface area contributed by atoms with E-state index in [9.17, 15) is 9.59 Å². The van der Waals surface area contributed by atoms with E-state index in [1.807, 2.05) is 34.6 Å². The van der Waals surface area contributed by atoms with Crippen LogP contribution < -0.4 is 11.1 Å². The molecule has 1 saturated carbocycles. The highest BCUT2D eigenvalue weighted by Crippen LogP contribution is 2.24. The molecular formula is C17H33N3O3. The molecule has 0 spiro atoms. The third-order valence-corrected chi connectivity index (χ3v) is 4.26. The number of likely N-dealkylation sites (N-methyl/N-ethyl adjacent to an activating group) is 1. The van der Waals surface area contributed by atoms with Gasteiger partial charge in [-0.15, -0.1) is 0 Å². The van der Waals surface area contributed by atoms with Crippen molar-refractivity contribution in [2.45, 2.75) is 84.0 Å². The predicted molar refractivity (Wildman–Crippen MR) is 91.0 cm³/mol. The number of hydrogen-bond acceptors (Lipinski definition) is 4. The first-order valence-corrected chi connectivity index (χ1v) is 8.54. The highest BCUT2D eigenvalue weighted by atomic mass is 16.6. The number of ether oxygens (including phenoxy) is 1. The summed E-state index contributed by atoms with van der Waals surface area (Å²) in [4.78, 5) is 26.2. The molecule has 1 fully saturated rings. The molecule has 0 radical (unpaired) electrons. The van der Waals surface area contributed by atoms with E-state index in [0.29, 0.717) is 0 Å². The van der Waals surface area contributed by atoms with Gasteiger partial charge < -0.3 is 20.7 Å². The van der Waals surface area contributed by atoms with E-state index in [-0.39, 0.29) is 30.0 Å². The van der Waals surface area contributed by atoms with E-state index in [0.717, 1.165) is 25.7 Å². The maximum absolute atomic E-state index is 12.3. The van der Waals surface area contributed by atoms with Gasteiger partial charge in [0.15, 0.2) is 0 Å². The van der Waals surface area contributed by atoms with Crippen LogP contribution in [0.1, 0.15) is 60.3 Å². The van der Waals surface area contributed by atoms with E-state index >= 15 is 0 Å². The summed E-state index contributed by atoms with van der Waals surface area (Å²) in [5.41, 5.74) is 5.40. The maximum atomic E-state index is 12.3. The third kappa shape index (κ3) is 6.01. The van der Waals surface area contributed by atoms with Gasteiger partial charge >= 0.3 is 6.09 Å². The molecule has 6 heteroatoms. The molecule has 1 aliphatic rings. The second kappa shape index (κ2) is 7.99. The lowest BCUT2D eigenvalue weighted by atomic mass is 9.89. The van der Waals surface area contributed by atoms with Crippen LogP contribution >= 0.6 is 0 Å². The van der Waals surface area contributed by atoms with Crippen LogP contribution in [0.15, 0.2) is 0 Å². The number of carbonyl (C=O) groups is 2. The summed E-state index contributed by atoms with van der Waals surface area (Å²) in [6, 6.07) is -0.648. The average Bonchev–Trinajstić information content (AvgIpc) is 2.44. The van der Waals surface area contributed by atoms with Crippen LogP contribution in [0.5, 0.6) is 0 Å². The minimum Gasteiger partial charge on any atom is -0.444 e. The lowest BCUT2D eigenvalue weighted by Gasteiger charge is -2.39. The summed E-state index contributed by atoms with van der Waals surface area (Å²) in [6.45, 7) is 9.40. The quantitative estimate of drug-likeness (QED) is 0.829. The van der Waals surface area contributed by atoms with Crippen molar-refractivity contribution in [2.75, 3.05) is 7.05 Å². The number of nitrogens with two attached hydrogens (primary N) is 1. The fourth-order valence-corrected chi connectivity index (χ4v) is 2.79. The molecule has 0 saturated heterocycles. The number of hydrogen-bond donors (Lipinski definition) is 2. The first kappa shape index (κ1) is 19.7. The first-order valence-electron chi connectivity index (χ1n) is 8.54. The Kier molecular flexibility index (Phi) is 6.86. The highest BCUT2D eigenvalue weighted by Gasteiger charge is 2.34. The van der Waals surface area contributed by atoms with Gasteiger partial charge in [0, 0.05) is 13.1 Å². The fourth-order valence-electron chi connectivity index (χ4n) is 2.79. The van der Waals surface area contributed by atoms with Crippen LogP contribution in [0.2, 0.25) is 0 Å². The van der Waals surface area contributed by atoms with Crippen molar-refractivity contribution in [3.8, 4) is 0 Å². The molecule has 134 valence electrons. The monoisotopic (exact) mass is 327 g/mol. The van der Waals surface area contributed by atoms with Gasteiger partial charge in [0.1, 0.15) is 5.60 Å². The van der Waals surface area contributed by atoms with E-state index in [1.165, 1.54) is 0 Å². The van der Waals surface area contributed by atoms with Crippen LogP contribution in [0, 0.1) is 5.92 Å². The SMILES string of the molecule is CC(C)[C@H](N)C(=O)N[C@@H]1CCCC[C@@H]1N(C)C(=O)OC(C)(C)C. The fraction of sp³-hybridized carbons (Fsp3) is 0.882. The Labute approximate surface area is 140 Å². The van der Waals surface area contributed by atoms with E-state index in [1.54, 1.807) is 11.9 Å². The van der Waals surface area contributed by atoms with Gasteiger partial charge in [-0.25, -0.2) is 4.79 Å². The van der Waals surface area contributed by atoms with Gasteiger partial charge in [-0.1, -0.05) is 26.7 Å². The minimum atomic E-state index is -0.529. The molecule has 2 amide bonds. The van der Waals surface area contributed by atoms with Crippen molar-refractivity contribution in [3.05, 3.63) is 0 Å². The topological polar surface area (TPSA) is 84.7 Å². The van der Waals surface area contributed by atoms with Gasteiger partial charge in [-0.2, -0.15) is 0 Å². The number of nitrogens with one attached hydrogen (secondary N) is 1. The molecule has 0 unspecified atom stereocenters. The minimum absolute atomic E-state index is 0.0538. The molecule has 1 aliphatic carbocycles. The van der Waals surface area contributed by atoms with Gasteiger partial charge in [0.05, 0.1) is 12.1 Å². The standard InChI is InChI=1S/C17H33N3O3/c1-11(2)14(18)15(21)19-12-9-7-8-10-13(12)20(6)16(22)23-17(3,4)5/h11-14H,7-10,18H2,1-6H3,(H,19,21)/t12-,13+,14+/m1/s1. The zero-order valence-electron chi connectivity index (χ0n) is 15.4. The Bertz CT molecular complexity index is 418. The van der Waals surface area contributed by atoms with Gasteiger partial charge in [-0.05, 0) is 39.5 Å². The molecule has 0 aromatic carbocycles. The van der Waals surface area contributed by atoms with Crippen molar-refractivity contribution in [1.29, 1.82) is 0 Å². The highest BCUT2D eigenvalue weighted by molar-refractivity contribution is 5.82. The van der Waals surface area contributed by atoms with Crippen LogP contribution in [0.25, 0.3) is 0 Å². The molecular weight excluding hydrogens is 294 g/mol. The van der Waals surface area contributed by atoms with Crippen molar-refractivity contribution in [1.82, 2.24) is 10.2 Å². The molecule has 0 aromatic rings. The Morgan fingerprint density at radius 1 is 1.22 bits per heavy atom. The molecule has 3 N–H and O–H groups in total. The van der Waals surface area contributed by atoms with Crippen LogP contribution in [0.3, 0.4) is 0 Å². The maximum Gasteiger partial charge on any atom is 0.410 e. The average molecular weight is 327 g/mol. The zero-order valence-corrected chi connectivity index (χ0v) is 15.4. The molecule has 3 atom stereocenters. The van der Waals surface area contributed by atoms with Gasteiger partial charge in [0.25, 0.3) is 0 Å². The molecule has 0 bridgehead atoms.